The van der Waals surface area contributed by atoms with Crippen LogP contribution in [0, 0.1) is 25.7 Å². The molecule has 0 fully saturated rings. The molecule has 1 aromatic carbocycles. The van der Waals surface area contributed by atoms with E-state index in [-0.39, 0.29) is 0 Å². The van der Waals surface area contributed by atoms with Crippen molar-refractivity contribution in [1.29, 1.82) is 0 Å². The lowest BCUT2D eigenvalue weighted by Crippen LogP contribution is -2.20. The van der Waals surface area contributed by atoms with Crippen molar-refractivity contribution in [2.45, 2.75) is 45.9 Å². The number of hydrogen-bond acceptors (Lipinski definition) is 0. The zero-order valence-corrected chi connectivity index (χ0v) is 12.6. The van der Waals surface area contributed by atoms with Gasteiger partial charge in [0.15, 0.2) is 0 Å². The second kappa shape index (κ2) is 5.86. The predicted molar refractivity (Wildman–Crippen MR) is 76.3 cm³/mol. The van der Waals surface area contributed by atoms with Crippen LogP contribution in [-0.2, 0) is 6.42 Å². The zero-order valence-electron chi connectivity index (χ0n) is 11.0. The van der Waals surface area contributed by atoms with Crippen molar-refractivity contribution in [1.82, 2.24) is 0 Å². The van der Waals surface area contributed by atoms with E-state index in [1.165, 1.54) is 23.1 Å². The van der Waals surface area contributed by atoms with Gasteiger partial charge in [0.1, 0.15) is 0 Å². The molecule has 16 heavy (non-hydrogen) atoms. The van der Waals surface area contributed by atoms with E-state index in [2.05, 4.69) is 68.7 Å². The minimum atomic E-state index is 0.576. The van der Waals surface area contributed by atoms with E-state index in [0.29, 0.717) is 16.7 Å². The Morgan fingerprint density at radius 3 is 2.25 bits per heavy atom. The van der Waals surface area contributed by atoms with Gasteiger partial charge in [-0.25, -0.2) is 0 Å². The van der Waals surface area contributed by atoms with Crippen LogP contribution in [0.1, 0.15) is 37.5 Å². The summed E-state index contributed by atoms with van der Waals surface area (Å²) in [5.41, 5.74) is 4.29. The van der Waals surface area contributed by atoms with E-state index in [1.807, 2.05) is 0 Å². The third-order valence-electron chi connectivity index (χ3n) is 3.41. The molecule has 0 heterocycles. The van der Waals surface area contributed by atoms with E-state index < -0.39 is 0 Å². The first kappa shape index (κ1) is 13.8. The molecule has 90 valence electrons. The highest BCUT2D eigenvalue weighted by atomic mass is 79.9. The lowest BCUT2D eigenvalue weighted by atomic mass is 9.85. The van der Waals surface area contributed by atoms with Crippen LogP contribution in [0.2, 0.25) is 0 Å². The normalized spacial score (nSPS) is 15.2. The zero-order chi connectivity index (χ0) is 12.3. The fourth-order valence-electron chi connectivity index (χ4n) is 2.20. The van der Waals surface area contributed by atoms with Crippen molar-refractivity contribution in [2.24, 2.45) is 11.8 Å². The van der Waals surface area contributed by atoms with Gasteiger partial charge in [-0.15, -0.1) is 0 Å². The second-order valence-electron chi connectivity index (χ2n) is 5.22. The molecule has 0 aliphatic heterocycles. The number of aryl methyl sites for hydroxylation is 2. The first-order valence-corrected chi connectivity index (χ1v) is 7.03. The Kier molecular flexibility index (Phi) is 5.04. The highest BCUT2D eigenvalue weighted by Crippen LogP contribution is 2.27. The Morgan fingerprint density at radius 1 is 1.12 bits per heavy atom. The molecule has 0 aliphatic carbocycles. The molecule has 1 rings (SSSR count). The van der Waals surface area contributed by atoms with Gasteiger partial charge >= 0.3 is 0 Å². The average molecular weight is 283 g/mol. The third-order valence-corrected chi connectivity index (χ3v) is 4.09. The van der Waals surface area contributed by atoms with E-state index in [4.69, 9.17) is 0 Å². The quantitative estimate of drug-likeness (QED) is 0.689. The van der Waals surface area contributed by atoms with Crippen LogP contribution in [0.3, 0.4) is 0 Å². The summed E-state index contributed by atoms with van der Waals surface area (Å²) < 4.78 is 0. The predicted octanol–water partition coefficient (Wildman–Crippen LogP) is 4.90. The average Bonchev–Trinajstić information content (AvgIpc) is 2.18. The van der Waals surface area contributed by atoms with E-state index in [1.54, 1.807) is 0 Å². The molecular weight excluding hydrogens is 260 g/mol. The third kappa shape index (κ3) is 3.62. The molecule has 0 bridgehead atoms. The van der Waals surface area contributed by atoms with Crippen LogP contribution in [0.15, 0.2) is 18.2 Å². The molecule has 0 aromatic heterocycles. The summed E-state index contributed by atoms with van der Waals surface area (Å²) >= 11 is 3.74. The van der Waals surface area contributed by atoms with Gasteiger partial charge in [0.05, 0.1) is 0 Å². The summed E-state index contributed by atoms with van der Waals surface area (Å²) in [6, 6.07) is 6.77. The number of hydrogen-bond donors (Lipinski definition) is 0. The summed E-state index contributed by atoms with van der Waals surface area (Å²) in [7, 11) is 0. The van der Waals surface area contributed by atoms with E-state index in [9.17, 15) is 0 Å². The number of rotatable bonds is 4. The van der Waals surface area contributed by atoms with Gasteiger partial charge in [-0.1, -0.05) is 60.5 Å². The molecule has 2 atom stereocenters. The highest BCUT2D eigenvalue weighted by Gasteiger charge is 2.19. The number of alkyl halides is 1. The minimum absolute atomic E-state index is 0.576. The van der Waals surface area contributed by atoms with Crippen LogP contribution in [-0.4, -0.2) is 4.83 Å². The maximum atomic E-state index is 3.74. The van der Waals surface area contributed by atoms with Gasteiger partial charge in [0.2, 0.25) is 0 Å². The fraction of sp³-hybridized carbons (Fsp3) is 0.600. The molecule has 0 aliphatic rings. The summed E-state index contributed by atoms with van der Waals surface area (Å²) in [5, 5.41) is 0. The van der Waals surface area contributed by atoms with Crippen LogP contribution in [0.4, 0.5) is 0 Å². The standard InChI is InChI=1S/C15H23Br/c1-10(2)15(13(5)16)9-14-8-11(3)6-7-12(14)4/h6-8,10,13,15H,9H2,1-5H3. The first-order chi connectivity index (χ1) is 7.41. The monoisotopic (exact) mass is 282 g/mol. The summed E-state index contributed by atoms with van der Waals surface area (Å²) in [5.74, 6) is 1.43. The number of benzene rings is 1. The number of halogens is 1. The SMILES string of the molecule is Cc1ccc(C)c(CC(C(C)C)C(C)Br)c1. The van der Waals surface area contributed by atoms with E-state index in [0.717, 1.165) is 0 Å². The van der Waals surface area contributed by atoms with Crippen LogP contribution in [0.25, 0.3) is 0 Å². The van der Waals surface area contributed by atoms with Gasteiger partial charge in [-0.3, -0.25) is 0 Å². The van der Waals surface area contributed by atoms with Gasteiger partial charge in [-0.05, 0) is 43.2 Å². The summed E-state index contributed by atoms with van der Waals surface area (Å²) in [6.07, 6.45) is 1.18. The first-order valence-electron chi connectivity index (χ1n) is 6.12. The van der Waals surface area contributed by atoms with Crippen LogP contribution < -0.4 is 0 Å². The Balaban J connectivity index is 2.89. The van der Waals surface area contributed by atoms with Gasteiger partial charge in [0, 0.05) is 4.83 Å². The van der Waals surface area contributed by atoms with E-state index >= 15 is 0 Å². The molecule has 0 N–H and O–H groups in total. The Bertz CT molecular complexity index is 331. The van der Waals surface area contributed by atoms with Crippen molar-refractivity contribution in [2.75, 3.05) is 0 Å². The molecule has 1 aromatic rings. The second-order valence-corrected chi connectivity index (χ2v) is 6.66. The van der Waals surface area contributed by atoms with Crippen molar-refractivity contribution < 1.29 is 0 Å². The van der Waals surface area contributed by atoms with Gasteiger partial charge in [0.25, 0.3) is 0 Å². The van der Waals surface area contributed by atoms with Crippen LogP contribution in [0.5, 0.6) is 0 Å². The molecule has 0 radical (unpaired) electrons. The van der Waals surface area contributed by atoms with Crippen molar-refractivity contribution in [3.05, 3.63) is 34.9 Å². The maximum Gasteiger partial charge on any atom is 0.0151 e. The fourth-order valence-corrected chi connectivity index (χ4v) is 3.00. The smallest absolute Gasteiger partial charge is 0.0151 e. The van der Waals surface area contributed by atoms with Crippen molar-refractivity contribution in [3.8, 4) is 0 Å². The Morgan fingerprint density at radius 2 is 1.75 bits per heavy atom. The molecule has 0 saturated carbocycles. The molecule has 0 spiro atoms. The molecule has 2 unspecified atom stereocenters. The molecular formula is C15H23Br. The van der Waals surface area contributed by atoms with Gasteiger partial charge in [-0.2, -0.15) is 0 Å². The minimum Gasteiger partial charge on any atom is -0.0890 e. The van der Waals surface area contributed by atoms with Gasteiger partial charge < -0.3 is 0 Å². The summed E-state index contributed by atoms with van der Waals surface area (Å²) in [6.45, 7) is 11.3. The molecule has 0 saturated heterocycles. The Labute approximate surface area is 109 Å². The lowest BCUT2D eigenvalue weighted by molar-refractivity contribution is 0.383. The summed E-state index contributed by atoms with van der Waals surface area (Å²) in [4.78, 5) is 0.576. The van der Waals surface area contributed by atoms with Crippen LogP contribution >= 0.6 is 15.9 Å². The largest absolute Gasteiger partial charge is 0.0890 e. The maximum absolute atomic E-state index is 3.74. The molecule has 0 nitrogen and oxygen atoms in total. The van der Waals surface area contributed by atoms with Crippen molar-refractivity contribution >= 4 is 15.9 Å². The highest BCUT2D eigenvalue weighted by molar-refractivity contribution is 9.09. The topological polar surface area (TPSA) is 0 Å². The Hall–Kier alpha value is -0.300. The molecule has 0 amide bonds. The molecule has 1 heteroatoms. The lowest BCUT2D eigenvalue weighted by Gasteiger charge is -2.24. The van der Waals surface area contributed by atoms with Crippen molar-refractivity contribution in [3.63, 3.8) is 0 Å².